The number of amides is 1. The van der Waals surface area contributed by atoms with Gasteiger partial charge in [-0.2, -0.15) is 0 Å². The molecule has 1 saturated carbocycles. The van der Waals surface area contributed by atoms with Gasteiger partial charge < -0.3 is 15.4 Å². The lowest BCUT2D eigenvalue weighted by Crippen LogP contribution is -2.46. The largest absolute Gasteiger partial charge is 0.462 e. The van der Waals surface area contributed by atoms with Crippen molar-refractivity contribution in [3.63, 3.8) is 0 Å². The van der Waals surface area contributed by atoms with E-state index in [0.717, 1.165) is 57.2 Å². The number of piperidine rings is 1. The fourth-order valence-corrected chi connectivity index (χ4v) is 4.14. The minimum Gasteiger partial charge on any atom is -0.462 e. The molecule has 5 nitrogen and oxygen atoms in total. The molecule has 1 heterocycles. The monoisotopic (exact) mass is 358 g/mol. The number of carbonyl (C=O) groups excluding carboxylic acids is 2. The lowest BCUT2D eigenvalue weighted by Gasteiger charge is -2.40. The molecule has 1 saturated heterocycles. The van der Waals surface area contributed by atoms with Crippen LogP contribution in [0.3, 0.4) is 0 Å². The number of hydrogen-bond acceptors (Lipinski definition) is 4. The molecule has 3 rings (SSSR count). The predicted octanol–water partition coefficient (Wildman–Crippen LogP) is 2.92. The van der Waals surface area contributed by atoms with Crippen LogP contribution in [-0.4, -0.2) is 43.0 Å². The van der Waals surface area contributed by atoms with Crippen molar-refractivity contribution in [3.05, 3.63) is 35.4 Å². The summed E-state index contributed by atoms with van der Waals surface area (Å²) in [6.45, 7) is 1.80. The SMILES string of the molecule is CN1CCC(Cc2ccc(C(N)=O)cc2)(C(=O)OC2CCCCC2)CC1. The maximum absolute atomic E-state index is 13.2. The third-order valence-electron chi connectivity index (χ3n) is 5.98. The number of carbonyl (C=O) groups is 2. The standard InChI is InChI=1S/C21H30N2O3/c1-23-13-11-21(12-14-23,20(25)26-18-5-3-2-4-6-18)15-16-7-9-17(10-8-16)19(22)24/h7-10,18H,2-6,11-15H2,1H3,(H2,22,24). The summed E-state index contributed by atoms with van der Waals surface area (Å²) in [4.78, 5) is 26.7. The molecule has 0 unspecified atom stereocenters. The predicted molar refractivity (Wildman–Crippen MR) is 101 cm³/mol. The first-order valence-corrected chi connectivity index (χ1v) is 9.77. The third-order valence-corrected chi connectivity index (χ3v) is 5.98. The first kappa shape index (κ1) is 18.9. The molecule has 0 radical (unpaired) electrons. The maximum atomic E-state index is 13.2. The molecular weight excluding hydrogens is 328 g/mol. The highest BCUT2D eigenvalue weighted by Gasteiger charge is 2.43. The van der Waals surface area contributed by atoms with E-state index in [1.165, 1.54) is 6.42 Å². The van der Waals surface area contributed by atoms with Gasteiger partial charge in [-0.1, -0.05) is 18.6 Å². The summed E-state index contributed by atoms with van der Waals surface area (Å²) in [5, 5.41) is 0. The van der Waals surface area contributed by atoms with Crippen LogP contribution in [0, 0.1) is 5.41 Å². The van der Waals surface area contributed by atoms with Crippen LogP contribution in [-0.2, 0) is 16.0 Å². The molecule has 0 atom stereocenters. The second-order valence-electron chi connectivity index (χ2n) is 7.99. The Balaban J connectivity index is 1.74. The van der Waals surface area contributed by atoms with Gasteiger partial charge in [0.2, 0.25) is 5.91 Å². The van der Waals surface area contributed by atoms with E-state index in [2.05, 4.69) is 11.9 Å². The molecule has 1 amide bonds. The zero-order valence-electron chi connectivity index (χ0n) is 15.7. The quantitative estimate of drug-likeness (QED) is 0.822. The van der Waals surface area contributed by atoms with Crippen LogP contribution in [0.1, 0.15) is 60.9 Å². The number of likely N-dealkylation sites (tertiary alicyclic amines) is 1. The molecule has 26 heavy (non-hydrogen) atoms. The van der Waals surface area contributed by atoms with Gasteiger partial charge >= 0.3 is 5.97 Å². The Morgan fingerprint density at radius 1 is 1.12 bits per heavy atom. The van der Waals surface area contributed by atoms with Crippen molar-refractivity contribution in [2.45, 2.75) is 57.5 Å². The van der Waals surface area contributed by atoms with Crippen molar-refractivity contribution in [2.24, 2.45) is 11.1 Å². The van der Waals surface area contributed by atoms with Crippen molar-refractivity contribution in [1.82, 2.24) is 4.90 Å². The number of hydrogen-bond donors (Lipinski definition) is 1. The van der Waals surface area contributed by atoms with E-state index in [4.69, 9.17) is 10.5 Å². The second kappa shape index (κ2) is 8.21. The molecule has 142 valence electrons. The lowest BCUT2D eigenvalue weighted by atomic mass is 9.73. The van der Waals surface area contributed by atoms with Crippen molar-refractivity contribution >= 4 is 11.9 Å². The van der Waals surface area contributed by atoms with E-state index in [-0.39, 0.29) is 12.1 Å². The molecule has 1 aromatic carbocycles. The van der Waals surface area contributed by atoms with Gasteiger partial charge in [-0.25, -0.2) is 0 Å². The molecule has 1 aliphatic carbocycles. The Morgan fingerprint density at radius 2 is 1.73 bits per heavy atom. The Bertz CT molecular complexity index is 627. The van der Waals surface area contributed by atoms with Crippen LogP contribution in [0.5, 0.6) is 0 Å². The van der Waals surface area contributed by atoms with Crippen LogP contribution < -0.4 is 5.73 Å². The van der Waals surface area contributed by atoms with Crippen LogP contribution in [0.2, 0.25) is 0 Å². The highest BCUT2D eigenvalue weighted by atomic mass is 16.5. The number of nitrogens with two attached hydrogens (primary N) is 1. The number of ether oxygens (including phenoxy) is 1. The van der Waals surface area contributed by atoms with Crippen molar-refractivity contribution in [1.29, 1.82) is 0 Å². The summed E-state index contributed by atoms with van der Waals surface area (Å²) < 4.78 is 5.97. The fourth-order valence-electron chi connectivity index (χ4n) is 4.14. The molecule has 2 fully saturated rings. The zero-order valence-corrected chi connectivity index (χ0v) is 15.7. The number of rotatable bonds is 5. The number of nitrogens with zero attached hydrogens (tertiary/aromatic N) is 1. The van der Waals surface area contributed by atoms with Gasteiger partial charge in [0.25, 0.3) is 0 Å². The van der Waals surface area contributed by atoms with Gasteiger partial charge in [-0.3, -0.25) is 9.59 Å². The van der Waals surface area contributed by atoms with Gasteiger partial charge in [-0.15, -0.1) is 0 Å². The molecular formula is C21H30N2O3. The molecule has 0 bridgehead atoms. The Labute approximate surface area is 155 Å². The summed E-state index contributed by atoms with van der Waals surface area (Å²) in [5.41, 5.74) is 6.41. The summed E-state index contributed by atoms with van der Waals surface area (Å²) in [6, 6.07) is 7.31. The van der Waals surface area contributed by atoms with Crippen LogP contribution in [0.15, 0.2) is 24.3 Å². The van der Waals surface area contributed by atoms with Gasteiger partial charge in [-0.05, 0) is 82.8 Å². The lowest BCUT2D eigenvalue weighted by molar-refractivity contribution is -0.166. The van der Waals surface area contributed by atoms with E-state index in [1.807, 2.05) is 12.1 Å². The Kier molecular flexibility index (Phi) is 5.97. The maximum Gasteiger partial charge on any atom is 0.312 e. The Morgan fingerprint density at radius 3 is 2.31 bits per heavy atom. The normalized spacial score (nSPS) is 21.3. The molecule has 1 aliphatic heterocycles. The van der Waals surface area contributed by atoms with E-state index in [1.54, 1.807) is 12.1 Å². The average Bonchev–Trinajstić information content (AvgIpc) is 2.65. The van der Waals surface area contributed by atoms with Crippen molar-refractivity contribution in [3.8, 4) is 0 Å². The van der Waals surface area contributed by atoms with Crippen molar-refractivity contribution in [2.75, 3.05) is 20.1 Å². The van der Waals surface area contributed by atoms with Crippen LogP contribution in [0.4, 0.5) is 0 Å². The summed E-state index contributed by atoms with van der Waals surface area (Å²) in [6.07, 6.45) is 7.92. The number of primary amides is 1. The minimum absolute atomic E-state index is 0.0310. The Hall–Kier alpha value is -1.88. The third kappa shape index (κ3) is 4.44. The topological polar surface area (TPSA) is 72.6 Å². The average molecular weight is 358 g/mol. The van der Waals surface area contributed by atoms with Gasteiger partial charge in [0.05, 0.1) is 5.41 Å². The molecule has 0 spiro atoms. The van der Waals surface area contributed by atoms with E-state index < -0.39 is 11.3 Å². The minimum atomic E-state index is -0.460. The van der Waals surface area contributed by atoms with E-state index in [0.29, 0.717) is 12.0 Å². The molecule has 1 aromatic rings. The van der Waals surface area contributed by atoms with E-state index in [9.17, 15) is 9.59 Å². The van der Waals surface area contributed by atoms with Crippen molar-refractivity contribution < 1.29 is 14.3 Å². The van der Waals surface area contributed by atoms with Gasteiger partial charge in [0.15, 0.2) is 0 Å². The molecule has 2 N–H and O–H groups in total. The number of benzene rings is 1. The first-order chi connectivity index (χ1) is 12.5. The zero-order chi connectivity index (χ0) is 18.6. The molecule has 2 aliphatic rings. The summed E-state index contributed by atoms with van der Waals surface area (Å²) >= 11 is 0. The fraction of sp³-hybridized carbons (Fsp3) is 0.619. The molecule has 5 heteroatoms. The highest BCUT2D eigenvalue weighted by molar-refractivity contribution is 5.92. The van der Waals surface area contributed by atoms with Crippen LogP contribution in [0.25, 0.3) is 0 Å². The highest BCUT2D eigenvalue weighted by Crippen LogP contribution is 2.37. The summed E-state index contributed by atoms with van der Waals surface area (Å²) in [7, 11) is 2.10. The molecule has 0 aromatic heterocycles. The number of esters is 1. The first-order valence-electron chi connectivity index (χ1n) is 9.77. The summed E-state index contributed by atoms with van der Waals surface area (Å²) in [5.74, 6) is -0.459. The van der Waals surface area contributed by atoms with E-state index >= 15 is 0 Å². The van der Waals surface area contributed by atoms with Crippen LogP contribution >= 0.6 is 0 Å². The van der Waals surface area contributed by atoms with Gasteiger partial charge in [0.1, 0.15) is 6.10 Å². The smallest absolute Gasteiger partial charge is 0.312 e. The van der Waals surface area contributed by atoms with Gasteiger partial charge in [0, 0.05) is 5.56 Å². The second-order valence-corrected chi connectivity index (χ2v) is 7.99.